The highest BCUT2D eigenvalue weighted by molar-refractivity contribution is 6.04. The molecule has 1 aromatic carbocycles. The van der Waals surface area contributed by atoms with Crippen molar-refractivity contribution in [3.63, 3.8) is 0 Å². The third kappa shape index (κ3) is 2.11. The van der Waals surface area contributed by atoms with E-state index in [4.69, 9.17) is 5.73 Å². The number of hydrogen-bond donors (Lipinski definition) is 2. The molecule has 2 atom stereocenters. The summed E-state index contributed by atoms with van der Waals surface area (Å²) in [5, 5.41) is 2.49. The first kappa shape index (κ1) is 13.6. The molecule has 1 aliphatic heterocycles. The Bertz CT molecular complexity index is 495. The molecule has 4 nitrogen and oxygen atoms in total. The molecule has 0 radical (unpaired) electrons. The van der Waals surface area contributed by atoms with Crippen molar-refractivity contribution in [2.24, 2.45) is 5.92 Å². The third-order valence-corrected chi connectivity index (χ3v) is 4.26. The molecule has 3 N–H and O–H groups in total. The quantitative estimate of drug-likeness (QED) is 0.645. The molecule has 1 aliphatic rings. The molecule has 4 heteroatoms. The van der Waals surface area contributed by atoms with Crippen molar-refractivity contribution < 1.29 is 9.59 Å². The Kier molecular flexibility index (Phi) is 3.60. The molecule has 0 aromatic heterocycles. The van der Waals surface area contributed by atoms with E-state index in [0.717, 1.165) is 12.0 Å². The maximum absolute atomic E-state index is 12.4. The zero-order valence-corrected chi connectivity index (χ0v) is 11.4. The predicted molar refractivity (Wildman–Crippen MR) is 74.4 cm³/mol. The van der Waals surface area contributed by atoms with Crippen LogP contribution in [0.5, 0.6) is 0 Å². The number of imide groups is 1. The van der Waals surface area contributed by atoms with Gasteiger partial charge in [-0.05, 0) is 30.0 Å². The number of anilines is 1. The van der Waals surface area contributed by atoms with E-state index in [-0.39, 0.29) is 17.7 Å². The summed E-state index contributed by atoms with van der Waals surface area (Å²) < 4.78 is 0. The Morgan fingerprint density at radius 2 is 1.89 bits per heavy atom. The van der Waals surface area contributed by atoms with E-state index in [0.29, 0.717) is 18.5 Å². The number of nitrogen functional groups attached to an aromatic ring is 1. The lowest BCUT2D eigenvalue weighted by atomic mass is 9.63. The normalized spacial score (nSPS) is 27.2. The minimum Gasteiger partial charge on any atom is -0.399 e. The summed E-state index contributed by atoms with van der Waals surface area (Å²) in [6, 6.07) is 7.42. The Hall–Kier alpha value is -1.84. The molecule has 102 valence electrons. The second-order valence-electron chi connectivity index (χ2n) is 5.13. The first-order valence-corrected chi connectivity index (χ1v) is 6.74. The first-order chi connectivity index (χ1) is 9.04. The average Bonchev–Trinajstić information content (AvgIpc) is 2.40. The third-order valence-electron chi connectivity index (χ3n) is 4.26. The molecule has 0 aliphatic carbocycles. The van der Waals surface area contributed by atoms with E-state index in [1.807, 2.05) is 38.1 Å². The number of carbonyl (C=O) groups excluding carboxylic acids is 2. The number of piperidine rings is 1. The topological polar surface area (TPSA) is 72.2 Å². The van der Waals surface area contributed by atoms with Crippen LogP contribution in [0.4, 0.5) is 5.69 Å². The molecule has 1 fully saturated rings. The van der Waals surface area contributed by atoms with Gasteiger partial charge in [0.15, 0.2) is 0 Å². The fourth-order valence-electron chi connectivity index (χ4n) is 3.17. The Morgan fingerprint density at radius 1 is 1.26 bits per heavy atom. The zero-order valence-electron chi connectivity index (χ0n) is 11.4. The van der Waals surface area contributed by atoms with Crippen LogP contribution in [0.25, 0.3) is 0 Å². The summed E-state index contributed by atoms with van der Waals surface area (Å²) in [6.07, 6.45) is 1.88. The van der Waals surface area contributed by atoms with Gasteiger partial charge in [0.1, 0.15) is 0 Å². The summed E-state index contributed by atoms with van der Waals surface area (Å²) in [4.78, 5) is 24.0. The number of amides is 2. The van der Waals surface area contributed by atoms with Crippen molar-refractivity contribution in [2.45, 2.75) is 38.5 Å². The average molecular weight is 260 g/mol. The molecule has 1 aromatic rings. The fraction of sp³-hybridized carbons (Fsp3) is 0.467. The highest BCUT2D eigenvalue weighted by atomic mass is 16.2. The molecular formula is C15H20N2O2. The van der Waals surface area contributed by atoms with Gasteiger partial charge in [0.25, 0.3) is 0 Å². The molecule has 19 heavy (non-hydrogen) atoms. The monoisotopic (exact) mass is 260 g/mol. The molecule has 0 saturated carbocycles. The molecule has 1 saturated heterocycles. The van der Waals surface area contributed by atoms with Gasteiger partial charge >= 0.3 is 0 Å². The van der Waals surface area contributed by atoms with Gasteiger partial charge in [0.05, 0.1) is 5.41 Å². The second-order valence-corrected chi connectivity index (χ2v) is 5.13. The van der Waals surface area contributed by atoms with Crippen molar-refractivity contribution in [3.8, 4) is 0 Å². The summed E-state index contributed by atoms with van der Waals surface area (Å²) in [5.74, 6) is -0.304. The van der Waals surface area contributed by atoms with Crippen molar-refractivity contribution >= 4 is 17.5 Å². The van der Waals surface area contributed by atoms with Gasteiger partial charge in [-0.3, -0.25) is 14.9 Å². The van der Waals surface area contributed by atoms with Gasteiger partial charge in [-0.15, -0.1) is 0 Å². The first-order valence-electron chi connectivity index (χ1n) is 6.74. The van der Waals surface area contributed by atoms with Crippen LogP contribution in [0.1, 0.15) is 38.7 Å². The summed E-state index contributed by atoms with van der Waals surface area (Å²) >= 11 is 0. The number of benzene rings is 1. The van der Waals surface area contributed by atoms with Gasteiger partial charge in [0, 0.05) is 12.1 Å². The van der Waals surface area contributed by atoms with E-state index in [1.54, 1.807) is 0 Å². The lowest BCUT2D eigenvalue weighted by Crippen LogP contribution is -2.56. The van der Waals surface area contributed by atoms with Gasteiger partial charge in [-0.1, -0.05) is 32.4 Å². The molecule has 0 bridgehead atoms. The zero-order chi connectivity index (χ0) is 14.0. The molecule has 0 spiro atoms. The highest BCUT2D eigenvalue weighted by Gasteiger charge is 2.49. The molecule has 2 unspecified atom stereocenters. The minimum absolute atomic E-state index is 0.0439. The molecule has 1 heterocycles. The van der Waals surface area contributed by atoms with Crippen LogP contribution < -0.4 is 11.1 Å². The van der Waals surface area contributed by atoms with Crippen LogP contribution in [0.3, 0.4) is 0 Å². The Morgan fingerprint density at radius 3 is 2.42 bits per heavy atom. The number of rotatable bonds is 3. The van der Waals surface area contributed by atoms with Gasteiger partial charge in [-0.2, -0.15) is 0 Å². The SMILES string of the molecule is CCC1CC(=O)NC(=O)C1(CC)c1ccc(N)cc1. The largest absolute Gasteiger partial charge is 0.399 e. The van der Waals surface area contributed by atoms with Crippen molar-refractivity contribution in [1.29, 1.82) is 0 Å². The number of nitrogens with one attached hydrogen (secondary N) is 1. The van der Waals surface area contributed by atoms with E-state index >= 15 is 0 Å². The highest BCUT2D eigenvalue weighted by Crippen LogP contribution is 2.42. The van der Waals surface area contributed by atoms with Crippen LogP contribution in [0.2, 0.25) is 0 Å². The van der Waals surface area contributed by atoms with Gasteiger partial charge < -0.3 is 5.73 Å². The lowest BCUT2D eigenvalue weighted by Gasteiger charge is -2.41. The Labute approximate surface area is 113 Å². The summed E-state index contributed by atoms with van der Waals surface area (Å²) in [7, 11) is 0. The molecule has 2 amide bonds. The van der Waals surface area contributed by atoms with Crippen molar-refractivity contribution in [2.75, 3.05) is 5.73 Å². The summed E-state index contributed by atoms with van der Waals surface area (Å²) in [6.45, 7) is 4.02. The van der Waals surface area contributed by atoms with Crippen molar-refractivity contribution in [3.05, 3.63) is 29.8 Å². The smallest absolute Gasteiger partial charge is 0.237 e. The van der Waals surface area contributed by atoms with Gasteiger partial charge in [-0.25, -0.2) is 0 Å². The molecule has 2 rings (SSSR count). The lowest BCUT2D eigenvalue weighted by molar-refractivity contribution is -0.141. The molecular weight excluding hydrogens is 240 g/mol. The predicted octanol–water partition coefficient (Wildman–Crippen LogP) is 1.99. The number of hydrogen-bond acceptors (Lipinski definition) is 3. The van der Waals surface area contributed by atoms with E-state index in [2.05, 4.69) is 5.32 Å². The van der Waals surface area contributed by atoms with Crippen LogP contribution in [-0.2, 0) is 15.0 Å². The van der Waals surface area contributed by atoms with Crippen molar-refractivity contribution in [1.82, 2.24) is 5.32 Å². The van der Waals surface area contributed by atoms with Crippen LogP contribution in [0.15, 0.2) is 24.3 Å². The van der Waals surface area contributed by atoms with Crippen LogP contribution in [0, 0.1) is 5.92 Å². The van der Waals surface area contributed by atoms with E-state index < -0.39 is 5.41 Å². The van der Waals surface area contributed by atoms with E-state index in [1.165, 1.54) is 0 Å². The standard InChI is InChI=1S/C15H20N2O2/c1-3-10-9-13(18)17-14(19)15(10,4-2)11-5-7-12(16)8-6-11/h5-8,10H,3-4,9,16H2,1-2H3,(H,17,18,19). The maximum atomic E-state index is 12.4. The number of carbonyl (C=O) groups is 2. The van der Waals surface area contributed by atoms with Crippen LogP contribution in [-0.4, -0.2) is 11.8 Å². The van der Waals surface area contributed by atoms with Crippen LogP contribution >= 0.6 is 0 Å². The fourth-order valence-corrected chi connectivity index (χ4v) is 3.17. The second kappa shape index (κ2) is 5.03. The maximum Gasteiger partial charge on any atom is 0.237 e. The van der Waals surface area contributed by atoms with Gasteiger partial charge in [0.2, 0.25) is 11.8 Å². The summed E-state index contributed by atoms with van der Waals surface area (Å²) in [5.41, 5.74) is 6.72. The Balaban J connectivity index is 2.52. The minimum atomic E-state index is -0.615. The number of nitrogens with two attached hydrogens (primary N) is 1. The van der Waals surface area contributed by atoms with E-state index in [9.17, 15) is 9.59 Å².